The predicted molar refractivity (Wildman–Crippen MR) is 73.2 cm³/mol. The van der Waals surface area contributed by atoms with Gasteiger partial charge >= 0.3 is 0 Å². The van der Waals surface area contributed by atoms with E-state index in [-0.39, 0.29) is 17.5 Å². The Bertz CT molecular complexity index is 502. The summed E-state index contributed by atoms with van der Waals surface area (Å²) in [5, 5.41) is 2.89. The Morgan fingerprint density at radius 3 is 2.45 bits per heavy atom. The van der Waals surface area contributed by atoms with E-state index >= 15 is 0 Å². The molecule has 1 fully saturated rings. The van der Waals surface area contributed by atoms with Crippen molar-refractivity contribution in [2.24, 2.45) is 0 Å². The average Bonchev–Trinajstić information content (AvgIpc) is 2.85. The van der Waals surface area contributed by atoms with Gasteiger partial charge in [0, 0.05) is 21.0 Å². The lowest BCUT2D eigenvalue weighted by atomic mass is 9.80. The van der Waals surface area contributed by atoms with Crippen LogP contribution in [0.2, 0.25) is 0 Å². The van der Waals surface area contributed by atoms with E-state index in [0.29, 0.717) is 18.7 Å². The Hall–Kier alpha value is -1.85. The van der Waals surface area contributed by atoms with Crippen molar-refractivity contribution in [3.63, 3.8) is 0 Å². The Kier molecular flexibility index (Phi) is 4.11. The van der Waals surface area contributed by atoms with Crippen molar-refractivity contribution in [1.82, 2.24) is 15.2 Å². The van der Waals surface area contributed by atoms with Crippen LogP contribution in [0.15, 0.2) is 10.7 Å². The minimum absolute atomic E-state index is 0.0502. The number of oxazole rings is 1. The molecule has 0 aromatic carbocycles. The number of rotatable bonds is 3. The van der Waals surface area contributed by atoms with E-state index in [2.05, 4.69) is 10.3 Å². The molecule has 1 aromatic rings. The summed E-state index contributed by atoms with van der Waals surface area (Å²) in [6, 6.07) is 0. The number of nitrogens with one attached hydrogen (secondary N) is 1. The van der Waals surface area contributed by atoms with E-state index in [4.69, 9.17) is 4.42 Å². The number of hydrogen-bond donors (Lipinski definition) is 1. The van der Waals surface area contributed by atoms with Gasteiger partial charge in [0.15, 0.2) is 11.6 Å². The maximum atomic E-state index is 12.5. The molecule has 0 radical (unpaired) electrons. The van der Waals surface area contributed by atoms with Crippen molar-refractivity contribution >= 4 is 11.8 Å². The maximum absolute atomic E-state index is 12.5. The van der Waals surface area contributed by atoms with Crippen molar-refractivity contribution in [2.45, 2.75) is 44.6 Å². The fourth-order valence-electron chi connectivity index (χ4n) is 2.72. The lowest BCUT2D eigenvalue weighted by Crippen LogP contribution is -2.59. The number of hydrogen-bond acceptors (Lipinski definition) is 4. The molecule has 6 heteroatoms. The zero-order chi connectivity index (χ0) is 14.8. The second kappa shape index (κ2) is 5.64. The third kappa shape index (κ3) is 2.84. The number of aryl methyl sites for hydroxylation is 1. The molecule has 1 heterocycles. The van der Waals surface area contributed by atoms with Crippen molar-refractivity contribution in [3.05, 3.63) is 17.8 Å². The summed E-state index contributed by atoms with van der Waals surface area (Å²) in [6.07, 6.45) is 5.65. The summed E-state index contributed by atoms with van der Waals surface area (Å²) in [4.78, 5) is 30.3. The van der Waals surface area contributed by atoms with Gasteiger partial charge in [0.05, 0.1) is 0 Å². The number of likely N-dealkylation sites (N-methyl/N-ethyl adjacent to an activating group) is 1. The van der Waals surface area contributed by atoms with Crippen LogP contribution < -0.4 is 5.32 Å². The first-order chi connectivity index (χ1) is 9.44. The molecule has 1 aliphatic rings. The summed E-state index contributed by atoms with van der Waals surface area (Å²) in [5.74, 6) is 0.0384. The molecular formula is C14H21N3O3. The van der Waals surface area contributed by atoms with Gasteiger partial charge in [-0.05, 0) is 12.8 Å². The first-order valence-corrected chi connectivity index (χ1v) is 6.91. The molecule has 110 valence electrons. The standard InChI is InChI=1S/C14H21N3O3/c1-10-15-11(9-20-10)12(18)16-14(13(19)17(2)3)7-5-4-6-8-14/h9H,4-8H2,1-3H3,(H,16,18). The second-order valence-corrected chi connectivity index (χ2v) is 5.55. The quantitative estimate of drug-likeness (QED) is 0.910. The smallest absolute Gasteiger partial charge is 0.274 e. The van der Waals surface area contributed by atoms with Crippen molar-refractivity contribution in [1.29, 1.82) is 0 Å². The van der Waals surface area contributed by atoms with Gasteiger partial charge in [-0.2, -0.15) is 0 Å². The van der Waals surface area contributed by atoms with E-state index in [1.54, 1.807) is 25.9 Å². The average molecular weight is 279 g/mol. The van der Waals surface area contributed by atoms with Gasteiger partial charge < -0.3 is 14.6 Å². The molecule has 0 bridgehead atoms. The van der Waals surface area contributed by atoms with Gasteiger partial charge in [0.2, 0.25) is 5.91 Å². The first-order valence-electron chi connectivity index (χ1n) is 6.91. The summed E-state index contributed by atoms with van der Waals surface area (Å²) in [6.45, 7) is 1.68. The Morgan fingerprint density at radius 2 is 1.95 bits per heavy atom. The zero-order valence-electron chi connectivity index (χ0n) is 12.2. The fourth-order valence-corrected chi connectivity index (χ4v) is 2.72. The lowest BCUT2D eigenvalue weighted by Gasteiger charge is -2.38. The third-order valence-corrected chi connectivity index (χ3v) is 3.73. The highest BCUT2D eigenvalue weighted by atomic mass is 16.3. The lowest BCUT2D eigenvalue weighted by molar-refractivity contribution is -0.136. The molecule has 0 spiro atoms. The van der Waals surface area contributed by atoms with Gasteiger partial charge in [-0.25, -0.2) is 4.98 Å². The molecule has 1 aliphatic carbocycles. The molecule has 0 atom stereocenters. The van der Waals surface area contributed by atoms with Gasteiger partial charge in [0.25, 0.3) is 5.91 Å². The molecule has 1 aromatic heterocycles. The topological polar surface area (TPSA) is 75.4 Å². The van der Waals surface area contributed by atoms with E-state index < -0.39 is 5.54 Å². The molecule has 2 amide bonds. The number of nitrogens with zero attached hydrogens (tertiary/aromatic N) is 2. The van der Waals surface area contributed by atoms with Crippen LogP contribution in [0.5, 0.6) is 0 Å². The summed E-state index contributed by atoms with van der Waals surface area (Å²) < 4.78 is 5.05. The molecule has 0 aliphatic heterocycles. The zero-order valence-corrected chi connectivity index (χ0v) is 12.2. The number of aromatic nitrogens is 1. The largest absolute Gasteiger partial charge is 0.448 e. The molecule has 6 nitrogen and oxygen atoms in total. The van der Waals surface area contributed by atoms with Crippen LogP contribution in [-0.4, -0.2) is 41.3 Å². The molecule has 20 heavy (non-hydrogen) atoms. The van der Waals surface area contributed by atoms with E-state index in [9.17, 15) is 9.59 Å². The summed E-state index contributed by atoms with van der Waals surface area (Å²) in [5.41, 5.74) is -0.579. The van der Waals surface area contributed by atoms with Crippen LogP contribution in [0.4, 0.5) is 0 Å². The van der Waals surface area contributed by atoms with Crippen molar-refractivity contribution < 1.29 is 14.0 Å². The Morgan fingerprint density at radius 1 is 1.30 bits per heavy atom. The summed E-state index contributed by atoms with van der Waals surface area (Å²) >= 11 is 0. The van der Waals surface area contributed by atoms with E-state index in [1.165, 1.54) is 6.26 Å². The van der Waals surface area contributed by atoms with Crippen LogP contribution in [0.1, 0.15) is 48.5 Å². The van der Waals surface area contributed by atoms with Crippen molar-refractivity contribution in [2.75, 3.05) is 14.1 Å². The summed E-state index contributed by atoms with van der Waals surface area (Å²) in [7, 11) is 3.43. The maximum Gasteiger partial charge on any atom is 0.274 e. The van der Waals surface area contributed by atoms with Crippen LogP contribution in [-0.2, 0) is 4.79 Å². The minimum atomic E-state index is -0.800. The van der Waals surface area contributed by atoms with E-state index in [0.717, 1.165) is 19.3 Å². The first kappa shape index (κ1) is 14.6. The van der Waals surface area contributed by atoms with Gasteiger partial charge in [-0.3, -0.25) is 9.59 Å². The Labute approximate surface area is 118 Å². The highest BCUT2D eigenvalue weighted by molar-refractivity contribution is 5.97. The normalized spacial score (nSPS) is 17.6. The van der Waals surface area contributed by atoms with Crippen LogP contribution in [0.25, 0.3) is 0 Å². The highest BCUT2D eigenvalue weighted by Gasteiger charge is 2.42. The van der Waals surface area contributed by atoms with Gasteiger partial charge in [-0.15, -0.1) is 0 Å². The van der Waals surface area contributed by atoms with E-state index in [1.807, 2.05) is 0 Å². The third-order valence-electron chi connectivity index (χ3n) is 3.73. The molecular weight excluding hydrogens is 258 g/mol. The number of carbonyl (C=O) groups excluding carboxylic acids is 2. The minimum Gasteiger partial charge on any atom is -0.448 e. The number of amides is 2. The predicted octanol–water partition coefficient (Wildman–Crippen LogP) is 1.50. The van der Waals surface area contributed by atoms with Gasteiger partial charge in [-0.1, -0.05) is 19.3 Å². The van der Waals surface area contributed by atoms with Crippen LogP contribution in [0.3, 0.4) is 0 Å². The van der Waals surface area contributed by atoms with Crippen molar-refractivity contribution in [3.8, 4) is 0 Å². The number of carbonyl (C=O) groups is 2. The molecule has 0 unspecified atom stereocenters. The Balaban J connectivity index is 2.19. The van der Waals surface area contributed by atoms with Crippen LogP contribution >= 0.6 is 0 Å². The molecule has 1 saturated carbocycles. The van der Waals surface area contributed by atoms with Crippen LogP contribution in [0, 0.1) is 6.92 Å². The molecule has 1 N–H and O–H groups in total. The monoisotopic (exact) mass is 279 g/mol. The second-order valence-electron chi connectivity index (χ2n) is 5.55. The molecule has 0 saturated heterocycles. The van der Waals surface area contributed by atoms with Gasteiger partial charge in [0.1, 0.15) is 11.8 Å². The highest BCUT2D eigenvalue weighted by Crippen LogP contribution is 2.30. The SMILES string of the molecule is Cc1nc(C(=O)NC2(C(=O)N(C)C)CCCCC2)co1. The molecule has 2 rings (SSSR count). The fraction of sp³-hybridized carbons (Fsp3) is 0.643.